The molecule has 1 amide bonds. The zero-order valence-electron chi connectivity index (χ0n) is 10.5. The molecular weight excluding hydrogens is 256 g/mol. The second-order valence-electron chi connectivity index (χ2n) is 4.38. The Morgan fingerprint density at radius 3 is 2.95 bits per heavy atom. The molecule has 0 aliphatic heterocycles. The number of benzene rings is 1. The number of nitrogens with zero attached hydrogens (tertiary/aromatic N) is 3. The van der Waals surface area contributed by atoms with Crippen LogP contribution in [-0.2, 0) is 6.54 Å². The quantitative estimate of drug-likeness (QED) is 0.558. The normalized spacial score (nSPS) is 10.7. The highest BCUT2D eigenvalue weighted by Gasteiger charge is 2.09. The van der Waals surface area contributed by atoms with Crippen LogP contribution in [0.3, 0.4) is 0 Å². The van der Waals surface area contributed by atoms with Gasteiger partial charge in [0.2, 0.25) is 0 Å². The molecule has 0 bridgehead atoms. The van der Waals surface area contributed by atoms with E-state index in [1.165, 1.54) is 0 Å². The predicted octanol–water partition coefficient (Wildman–Crippen LogP) is 1.60. The van der Waals surface area contributed by atoms with Crippen LogP contribution in [0.15, 0.2) is 48.9 Å². The summed E-state index contributed by atoms with van der Waals surface area (Å²) in [5.41, 5.74) is 3.86. The van der Waals surface area contributed by atoms with Gasteiger partial charge in [-0.15, -0.1) is 0 Å². The lowest BCUT2D eigenvalue weighted by molar-refractivity contribution is 0.0706. The van der Waals surface area contributed by atoms with Crippen molar-refractivity contribution in [3.8, 4) is 0 Å². The van der Waals surface area contributed by atoms with Crippen molar-refractivity contribution in [2.45, 2.75) is 6.54 Å². The van der Waals surface area contributed by atoms with Gasteiger partial charge in [0.1, 0.15) is 0 Å². The van der Waals surface area contributed by atoms with Crippen molar-refractivity contribution in [3.05, 3.63) is 60.0 Å². The first-order chi connectivity index (χ1) is 9.78. The third-order valence-electron chi connectivity index (χ3n) is 3.06. The smallest absolute Gasteiger partial charge is 0.274 e. The third kappa shape index (κ3) is 2.24. The van der Waals surface area contributed by atoms with Crippen molar-refractivity contribution in [2.75, 3.05) is 0 Å². The maximum atomic E-state index is 11.4. The monoisotopic (exact) mass is 268 g/mol. The lowest BCUT2D eigenvalue weighted by Gasteiger charge is -2.04. The molecule has 0 unspecified atom stereocenters. The highest BCUT2D eigenvalue weighted by atomic mass is 16.5. The summed E-state index contributed by atoms with van der Waals surface area (Å²) in [5, 5.41) is 13.9. The van der Waals surface area contributed by atoms with Crippen LogP contribution in [0.25, 0.3) is 10.9 Å². The molecule has 100 valence electrons. The number of hydrogen-bond acceptors (Lipinski definition) is 4. The van der Waals surface area contributed by atoms with E-state index in [4.69, 9.17) is 5.21 Å². The Morgan fingerprint density at radius 1 is 1.30 bits per heavy atom. The molecule has 0 aliphatic rings. The van der Waals surface area contributed by atoms with Gasteiger partial charge in [0, 0.05) is 23.3 Å². The lowest BCUT2D eigenvalue weighted by atomic mass is 10.1. The average Bonchev–Trinajstić information content (AvgIpc) is 2.90. The van der Waals surface area contributed by atoms with E-state index in [-0.39, 0.29) is 0 Å². The largest absolute Gasteiger partial charge is 0.288 e. The highest BCUT2D eigenvalue weighted by Crippen LogP contribution is 2.17. The van der Waals surface area contributed by atoms with Crippen LogP contribution in [0.1, 0.15) is 15.9 Å². The number of fused-ring (bicyclic) bond motifs is 1. The van der Waals surface area contributed by atoms with Crippen LogP contribution in [0.5, 0.6) is 0 Å². The Morgan fingerprint density at radius 2 is 2.20 bits per heavy atom. The lowest BCUT2D eigenvalue weighted by Crippen LogP contribution is -2.18. The predicted molar refractivity (Wildman–Crippen MR) is 72.3 cm³/mol. The SMILES string of the molecule is O=C(NO)c1ccc2cnn(Cc3cccnc3)c2c1. The van der Waals surface area contributed by atoms with E-state index in [0.29, 0.717) is 12.1 Å². The second-order valence-corrected chi connectivity index (χ2v) is 4.38. The van der Waals surface area contributed by atoms with Gasteiger partial charge in [-0.05, 0) is 23.8 Å². The molecule has 2 aromatic heterocycles. The van der Waals surface area contributed by atoms with Gasteiger partial charge in [-0.1, -0.05) is 12.1 Å². The van der Waals surface area contributed by atoms with Gasteiger partial charge in [0.15, 0.2) is 0 Å². The van der Waals surface area contributed by atoms with Gasteiger partial charge in [0.25, 0.3) is 5.91 Å². The fourth-order valence-corrected chi connectivity index (χ4v) is 2.07. The van der Waals surface area contributed by atoms with Crippen LogP contribution in [0.4, 0.5) is 0 Å². The highest BCUT2D eigenvalue weighted by molar-refractivity contribution is 5.97. The molecule has 3 aromatic rings. The van der Waals surface area contributed by atoms with Crippen molar-refractivity contribution in [1.29, 1.82) is 0 Å². The summed E-state index contributed by atoms with van der Waals surface area (Å²) in [6, 6.07) is 8.97. The minimum atomic E-state index is -0.541. The molecule has 3 rings (SSSR count). The van der Waals surface area contributed by atoms with Crippen LogP contribution >= 0.6 is 0 Å². The second kappa shape index (κ2) is 5.10. The zero-order valence-corrected chi connectivity index (χ0v) is 10.5. The molecule has 1 aromatic carbocycles. The van der Waals surface area contributed by atoms with Crippen molar-refractivity contribution >= 4 is 16.8 Å². The van der Waals surface area contributed by atoms with Crippen molar-refractivity contribution < 1.29 is 10.0 Å². The number of pyridine rings is 1. The number of hydrogen-bond donors (Lipinski definition) is 2. The summed E-state index contributed by atoms with van der Waals surface area (Å²) < 4.78 is 1.79. The summed E-state index contributed by atoms with van der Waals surface area (Å²) >= 11 is 0. The minimum Gasteiger partial charge on any atom is -0.288 e. The van der Waals surface area contributed by atoms with Crippen LogP contribution in [0, 0.1) is 0 Å². The number of amides is 1. The van der Waals surface area contributed by atoms with Crippen molar-refractivity contribution in [1.82, 2.24) is 20.2 Å². The summed E-state index contributed by atoms with van der Waals surface area (Å²) in [7, 11) is 0. The summed E-state index contributed by atoms with van der Waals surface area (Å²) in [6.07, 6.45) is 5.23. The summed E-state index contributed by atoms with van der Waals surface area (Å²) in [4.78, 5) is 15.5. The molecule has 2 N–H and O–H groups in total. The Labute approximate surface area is 114 Å². The first kappa shape index (κ1) is 12.3. The van der Waals surface area contributed by atoms with Crippen LogP contribution in [0.2, 0.25) is 0 Å². The van der Waals surface area contributed by atoms with Crippen molar-refractivity contribution in [2.24, 2.45) is 0 Å². The minimum absolute atomic E-state index is 0.382. The summed E-state index contributed by atoms with van der Waals surface area (Å²) in [5.74, 6) is -0.541. The number of hydroxylamine groups is 1. The molecule has 0 spiro atoms. The molecule has 0 radical (unpaired) electrons. The third-order valence-corrected chi connectivity index (χ3v) is 3.06. The number of carbonyl (C=O) groups is 1. The molecular formula is C14H12N4O2. The van der Waals surface area contributed by atoms with E-state index in [0.717, 1.165) is 16.5 Å². The zero-order chi connectivity index (χ0) is 13.9. The first-order valence-electron chi connectivity index (χ1n) is 6.07. The van der Waals surface area contributed by atoms with E-state index < -0.39 is 5.91 Å². The van der Waals surface area contributed by atoms with Crippen molar-refractivity contribution in [3.63, 3.8) is 0 Å². The Hall–Kier alpha value is -2.73. The Kier molecular flexibility index (Phi) is 3.14. The van der Waals surface area contributed by atoms with E-state index in [1.54, 1.807) is 47.0 Å². The fraction of sp³-hybridized carbons (Fsp3) is 0.0714. The van der Waals surface area contributed by atoms with Gasteiger partial charge >= 0.3 is 0 Å². The van der Waals surface area contributed by atoms with Gasteiger partial charge < -0.3 is 0 Å². The van der Waals surface area contributed by atoms with Crippen LogP contribution in [-0.4, -0.2) is 25.9 Å². The molecule has 0 saturated heterocycles. The van der Waals surface area contributed by atoms with E-state index in [2.05, 4.69) is 10.1 Å². The fourth-order valence-electron chi connectivity index (χ4n) is 2.07. The molecule has 20 heavy (non-hydrogen) atoms. The van der Waals surface area contributed by atoms with E-state index in [1.807, 2.05) is 12.1 Å². The molecule has 6 nitrogen and oxygen atoms in total. The van der Waals surface area contributed by atoms with Gasteiger partial charge in [-0.25, -0.2) is 5.48 Å². The van der Waals surface area contributed by atoms with Gasteiger partial charge in [-0.3, -0.25) is 19.7 Å². The van der Waals surface area contributed by atoms with Gasteiger partial charge in [-0.2, -0.15) is 5.10 Å². The maximum Gasteiger partial charge on any atom is 0.274 e. The number of rotatable bonds is 3. The topological polar surface area (TPSA) is 80.0 Å². The summed E-state index contributed by atoms with van der Waals surface area (Å²) in [6.45, 7) is 0.571. The molecule has 2 heterocycles. The van der Waals surface area contributed by atoms with E-state index >= 15 is 0 Å². The molecule has 0 saturated carbocycles. The molecule has 0 fully saturated rings. The standard InChI is InChI=1S/C14H12N4O2/c19-14(17-20)11-3-4-12-8-16-18(13(12)6-11)9-10-2-1-5-15-7-10/h1-8,20H,9H2,(H,17,19). The number of aromatic nitrogens is 3. The Balaban J connectivity index is 2.01. The number of carbonyl (C=O) groups excluding carboxylic acids is 1. The molecule has 0 aliphatic carbocycles. The molecule has 0 atom stereocenters. The first-order valence-corrected chi connectivity index (χ1v) is 6.07. The molecule has 6 heteroatoms. The van der Waals surface area contributed by atoms with Crippen LogP contribution < -0.4 is 5.48 Å². The van der Waals surface area contributed by atoms with E-state index in [9.17, 15) is 4.79 Å². The maximum absolute atomic E-state index is 11.4. The Bertz CT molecular complexity index is 752. The van der Waals surface area contributed by atoms with Gasteiger partial charge in [0.05, 0.1) is 18.3 Å². The number of nitrogens with one attached hydrogen (secondary N) is 1. The average molecular weight is 268 g/mol.